The zero-order valence-electron chi connectivity index (χ0n) is 15.7. The molecule has 0 amide bonds. The molecule has 0 aliphatic heterocycles. The van der Waals surface area contributed by atoms with Gasteiger partial charge in [-0.15, -0.1) is 0 Å². The molecule has 0 saturated carbocycles. The van der Waals surface area contributed by atoms with Crippen molar-refractivity contribution in [2.24, 2.45) is 9.98 Å². The van der Waals surface area contributed by atoms with Crippen molar-refractivity contribution in [1.82, 2.24) is 0 Å². The zero-order valence-corrected chi connectivity index (χ0v) is 19.9. The summed E-state index contributed by atoms with van der Waals surface area (Å²) in [6, 6.07) is 7.68. The van der Waals surface area contributed by atoms with Gasteiger partial charge in [0, 0.05) is 0 Å². The molecule has 29 heavy (non-hydrogen) atoms. The van der Waals surface area contributed by atoms with Crippen LogP contribution >= 0.6 is 24.4 Å². The fourth-order valence-corrected chi connectivity index (χ4v) is 3.81. The van der Waals surface area contributed by atoms with Crippen molar-refractivity contribution in [1.29, 1.82) is 0 Å². The van der Waals surface area contributed by atoms with Crippen LogP contribution < -0.4 is 29.6 Å². The molecule has 2 aromatic carbocycles. The monoisotopic (exact) mass is 478 g/mol. The van der Waals surface area contributed by atoms with Gasteiger partial charge in [0.1, 0.15) is 9.79 Å². The van der Waals surface area contributed by atoms with Gasteiger partial charge in [-0.25, -0.2) is 0 Å². The summed E-state index contributed by atoms with van der Waals surface area (Å²) in [6.07, 6.45) is 2.50. The van der Waals surface area contributed by atoms with Gasteiger partial charge < -0.3 is 1.43 Å². The SMILES string of the molecule is O=S(=O)(O)c1cc(N=C=S)ccc1C=Cc1ccc(N=C=S)cc1S(=O)(=O)O.[H-].[Na+]. The van der Waals surface area contributed by atoms with Gasteiger partial charge in [-0.05, 0) is 59.8 Å². The number of nitrogens with zero attached hydrogens (tertiary/aromatic N) is 2. The van der Waals surface area contributed by atoms with E-state index in [-0.39, 0.29) is 53.5 Å². The second kappa shape index (κ2) is 10.6. The normalized spacial score (nSPS) is 11.2. The molecule has 0 unspecified atom stereocenters. The Morgan fingerprint density at radius 2 is 1.14 bits per heavy atom. The predicted octanol–water partition coefficient (Wildman–Crippen LogP) is 0.936. The third-order valence-electron chi connectivity index (χ3n) is 3.34. The van der Waals surface area contributed by atoms with Crippen LogP contribution in [-0.2, 0) is 20.2 Å². The molecule has 0 heterocycles. The van der Waals surface area contributed by atoms with E-state index in [2.05, 4.69) is 44.7 Å². The molecule has 0 radical (unpaired) electrons. The molecule has 0 spiro atoms. The Bertz CT molecular complexity index is 1180. The van der Waals surface area contributed by atoms with Crippen LogP contribution in [-0.4, -0.2) is 36.3 Å². The number of hydrogen-bond acceptors (Lipinski definition) is 8. The summed E-state index contributed by atoms with van der Waals surface area (Å²) in [5.41, 5.74) is 0.405. The van der Waals surface area contributed by atoms with Crippen LogP contribution in [0.4, 0.5) is 11.4 Å². The van der Waals surface area contributed by atoms with Gasteiger partial charge in [-0.3, -0.25) is 9.11 Å². The first-order chi connectivity index (χ1) is 13.1. The van der Waals surface area contributed by atoms with Crippen molar-refractivity contribution in [3.05, 3.63) is 47.5 Å². The first-order valence-electron chi connectivity index (χ1n) is 7.13. The van der Waals surface area contributed by atoms with Crippen LogP contribution in [0.3, 0.4) is 0 Å². The van der Waals surface area contributed by atoms with Crippen LogP contribution in [0.25, 0.3) is 12.2 Å². The molecule has 8 nitrogen and oxygen atoms in total. The zero-order chi connectivity index (χ0) is 20.9. The Morgan fingerprint density at radius 1 is 0.793 bits per heavy atom. The van der Waals surface area contributed by atoms with E-state index in [9.17, 15) is 25.9 Å². The first kappa shape index (κ1) is 25.6. The Kier molecular flexibility index (Phi) is 9.35. The van der Waals surface area contributed by atoms with E-state index < -0.39 is 30.0 Å². The fourth-order valence-electron chi connectivity index (χ4n) is 2.19. The summed E-state index contributed by atoms with van der Waals surface area (Å²) in [5, 5.41) is 4.16. The molecular weight excluding hydrogens is 467 g/mol. The quantitative estimate of drug-likeness (QED) is 0.206. The van der Waals surface area contributed by atoms with Crippen molar-refractivity contribution in [2.75, 3.05) is 0 Å². The Balaban J connectivity index is 0.00000420. The molecule has 146 valence electrons. The number of rotatable bonds is 6. The largest absolute Gasteiger partial charge is 1.00 e. The summed E-state index contributed by atoms with van der Waals surface area (Å²) in [7, 11) is -9.21. The molecule has 0 bridgehead atoms. The molecule has 0 atom stereocenters. The van der Waals surface area contributed by atoms with Gasteiger partial charge in [0.05, 0.1) is 21.7 Å². The first-order valence-corrected chi connectivity index (χ1v) is 10.8. The van der Waals surface area contributed by atoms with Gasteiger partial charge in [-0.1, -0.05) is 24.3 Å². The maximum Gasteiger partial charge on any atom is 1.00 e. The van der Waals surface area contributed by atoms with Crippen molar-refractivity contribution in [3.63, 3.8) is 0 Å². The second-order valence-corrected chi connectivity index (χ2v) is 8.28. The van der Waals surface area contributed by atoms with Crippen LogP contribution in [0.15, 0.2) is 56.2 Å². The van der Waals surface area contributed by atoms with E-state index in [1.807, 2.05) is 0 Å². The van der Waals surface area contributed by atoms with Crippen LogP contribution in [0.2, 0.25) is 0 Å². The molecular formula is C16H11N2NaO6S4. The number of thiocarbonyl (C=S) groups is 2. The van der Waals surface area contributed by atoms with Crippen LogP contribution in [0.1, 0.15) is 12.6 Å². The fraction of sp³-hybridized carbons (Fsp3) is 0. The Labute approximate surface area is 201 Å². The summed E-state index contributed by atoms with van der Waals surface area (Å²) in [5.74, 6) is 0. The van der Waals surface area contributed by atoms with E-state index in [4.69, 9.17) is 0 Å². The minimum absolute atomic E-state index is 0. The van der Waals surface area contributed by atoms with Crippen molar-refractivity contribution in [3.8, 4) is 0 Å². The average molecular weight is 479 g/mol. The Morgan fingerprint density at radius 3 is 1.41 bits per heavy atom. The summed E-state index contributed by atoms with van der Waals surface area (Å²) in [4.78, 5) is 6.35. The van der Waals surface area contributed by atoms with Crippen LogP contribution in [0.5, 0.6) is 0 Å². The number of benzene rings is 2. The summed E-state index contributed by atoms with van der Waals surface area (Å²) in [6.45, 7) is 0. The standard InChI is InChI=1S/C16H10N2O6S4.Na.H/c19-27(20,21)15-7-13(17-9-25)5-3-11(15)1-2-12-4-6-14(18-10-26)8-16(12)28(22,23)24;;/h1-8H,(H,19,20,21)(H,22,23,24);;/q;+1;-1. The van der Waals surface area contributed by atoms with Crippen molar-refractivity contribution >= 4 is 78.5 Å². The van der Waals surface area contributed by atoms with Gasteiger partial charge in [0.2, 0.25) is 0 Å². The average Bonchev–Trinajstić information content (AvgIpc) is 2.60. The van der Waals surface area contributed by atoms with E-state index in [1.165, 1.54) is 36.4 Å². The maximum atomic E-state index is 11.6. The van der Waals surface area contributed by atoms with Crippen molar-refractivity contribution < 1.29 is 56.9 Å². The number of isothiocyanates is 2. The second-order valence-electron chi connectivity index (χ2n) is 5.13. The van der Waals surface area contributed by atoms with E-state index in [1.54, 1.807) is 0 Å². The third-order valence-corrected chi connectivity index (χ3v) is 5.34. The minimum Gasteiger partial charge on any atom is -1.00 e. The molecule has 0 aliphatic rings. The van der Waals surface area contributed by atoms with Gasteiger partial charge >= 0.3 is 29.6 Å². The molecule has 2 rings (SSSR count). The number of hydrogen-bond donors (Lipinski definition) is 2. The van der Waals surface area contributed by atoms with E-state index >= 15 is 0 Å². The molecule has 2 aromatic rings. The molecule has 0 aliphatic carbocycles. The summed E-state index contributed by atoms with van der Waals surface area (Å²) < 4.78 is 65.4. The Hall–Kier alpha value is -1.40. The third kappa shape index (κ3) is 7.10. The topological polar surface area (TPSA) is 133 Å². The molecule has 0 saturated heterocycles. The smallest absolute Gasteiger partial charge is 1.00 e. The van der Waals surface area contributed by atoms with Gasteiger partial charge in [-0.2, -0.15) is 26.8 Å². The van der Waals surface area contributed by atoms with Gasteiger partial charge in [0.25, 0.3) is 20.2 Å². The molecule has 0 aromatic heterocycles. The van der Waals surface area contributed by atoms with E-state index in [0.717, 1.165) is 12.1 Å². The summed E-state index contributed by atoms with van der Waals surface area (Å²) >= 11 is 8.91. The van der Waals surface area contributed by atoms with Crippen molar-refractivity contribution in [2.45, 2.75) is 9.79 Å². The minimum atomic E-state index is -4.61. The maximum absolute atomic E-state index is 11.6. The molecule has 13 heteroatoms. The van der Waals surface area contributed by atoms with E-state index in [0.29, 0.717) is 0 Å². The predicted molar refractivity (Wildman–Crippen MR) is 112 cm³/mol. The van der Waals surface area contributed by atoms with Gasteiger partial charge in [0.15, 0.2) is 0 Å². The number of aliphatic imine (C=N–C) groups is 2. The molecule has 0 fully saturated rings. The molecule has 2 N–H and O–H groups in total. The van der Waals surface area contributed by atoms with Crippen LogP contribution in [0, 0.1) is 0 Å².